The number of nitrogens with zero attached hydrogens (tertiary/aromatic N) is 1. The average molecular weight is 464 g/mol. The van der Waals surface area contributed by atoms with Crippen molar-refractivity contribution in [2.45, 2.75) is 25.6 Å². The van der Waals surface area contributed by atoms with Gasteiger partial charge in [-0.15, -0.1) is 0 Å². The second-order valence-electron chi connectivity index (χ2n) is 7.00. The quantitative estimate of drug-likeness (QED) is 0.421. The molecule has 4 rings (SSSR count). The molecular formula is C22H19ClFNO3S2. The lowest BCUT2D eigenvalue weighted by atomic mass is 10.2. The molecule has 2 aliphatic rings. The van der Waals surface area contributed by atoms with Gasteiger partial charge in [0.1, 0.15) is 22.5 Å². The Hall–Kier alpha value is -1.93. The van der Waals surface area contributed by atoms with E-state index >= 15 is 0 Å². The van der Waals surface area contributed by atoms with E-state index in [4.69, 9.17) is 33.3 Å². The number of thioether (sulfide) groups is 1. The number of carbonyl (C=O) groups excluding carboxylic acids is 1. The van der Waals surface area contributed by atoms with Crippen molar-refractivity contribution in [1.29, 1.82) is 0 Å². The summed E-state index contributed by atoms with van der Waals surface area (Å²) in [6.07, 6.45) is 3.77. The number of rotatable bonds is 6. The smallest absolute Gasteiger partial charge is 0.266 e. The zero-order valence-corrected chi connectivity index (χ0v) is 18.4. The Bertz CT molecular complexity index is 1010. The molecule has 0 bridgehead atoms. The first-order valence-corrected chi connectivity index (χ1v) is 11.1. The van der Waals surface area contributed by atoms with E-state index in [1.54, 1.807) is 47.4 Å². The van der Waals surface area contributed by atoms with Crippen LogP contribution in [0, 0.1) is 5.82 Å². The van der Waals surface area contributed by atoms with Crippen molar-refractivity contribution in [3.63, 3.8) is 0 Å². The van der Waals surface area contributed by atoms with Gasteiger partial charge in [0.15, 0.2) is 0 Å². The van der Waals surface area contributed by atoms with Crippen LogP contribution in [0.4, 0.5) is 4.39 Å². The minimum absolute atomic E-state index is 0.0483. The maximum atomic E-state index is 13.7. The highest BCUT2D eigenvalue weighted by Gasteiger charge is 2.34. The van der Waals surface area contributed by atoms with Gasteiger partial charge in [-0.05, 0) is 42.7 Å². The van der Waals surface area contributed by atoms with E-state index in [1.165, 1.54) is 17.8 Å². The van der Waals surface area contributed by atoms with E-state index in [9.17, 15) is 9.18 Å². The number of thiocarbonyl (C=S) groups is 1. The van der Waals surface area contributed by atoms with Crippen molar-refractivity contribution in [2.75, 3.05) is 13.2 Å². The Kier molecular flexibility index (Phi) is 6.73. The van der Waals surface area contributed by atoms with Crippen LogP contribution < -0.4 is 4.74 Å². The summed E-state index contributed by atoms with van der Waals surface area (Å²) in [6, 6.07) is 11.7. The SMILES string of the molecule is O=C1/C(=C/c2ccc(OCc3ccccc3F)c(Cl)c2)SC(=S)N1C[C@@H]1CCCO1. The number of halogens is 2. The molecule has 0 saturated carbocycles. The summed E-state index contributed by atoms with van der Waals surface area (Å²) >= 11 is 13.0. The van der Waals surface area contributed by atoms with Gasteiger partial charge in [0.25, 0.3) is 5.91 Å². The van der Waals surface area contributed by atoms with E-state index in [0.29, 0.717) is 32.1 Å². The Morgan fingerprint density at radius 3 is 2.90 bits per heavy atom. The molecule has 2 aliphatic heterocycles. The summed E-state index contributed by atoms with van der Waals surface area (Å²) < 4.78 is 25.5. The number of amides is 1. The van der Waals surface area contributed by atoms with Crippen LogP contribution in [-0.4, -0.2) is 34.4 Å². The van der Waals surface area contributed by atoms with Crippen LogP contribution >= 0.6 is 35.6 Å². The molecule has 4 nitrogen and oxygen atoms in total. The Balaban J connectivity index is 1.43. The predicted molar refractivity (Wildman–Crippen MR) is 121 cm³/mol. The minimum Gasteiger partial charge on any atom is -0.487 e. The average Bonchev–Trinajstić information content (AvgIpc) is 3.33. The molecule has 0 spiro atoms. The maximum absolute atomic E-state index is 13.7. The second kappa shape index (κ2) is 9.47. The molecule has 8 heteroatoms. The van der Waals surface area contributed by atoms with Crippen molar-refractivity contribution in [2.24, 2.45) is 0 Å². The molecule has 0 aliphatic carbocycles. The lowest BCUT2D eigenvalue weighted by molar-refractivity contribution is -0.123. The van der Waals surface area contributed by atoms with Crippen molar-refractivity contribution >= 4 is 51.9 Å². The molecule has 2 fully saturated rings. The molecule has 2 heterocycles. The Morgan fingerprint density at radius 2 is 2.17 bits per heavy atom. The molecule has 0 N–H and O–H groups in total. The largest absolute Gasteiger partial charge is 0.487 e. The van der Waals surface area contributed by atoms with E-state index in [0.717, 1.165) is 25.0 Å². The summed E-state index contributed by atoms with van der Waals surface area (Å²) in [4.78, 5) is 14.9. The minimum atomic E-state index is -0.324. The van der Waals surface area contributed by atoms with Crippen molar-refractivity contribution < 1.29 is 18.7 Å². The zero-order valence-electron chi connectivity index (χ0n) is 16.0. The van der Waals surface area contributed by atoms with E-state index in [1.807, 2.05) is 0 Å². The maximum Gasteiger partial charge on any atom is 0.266 e. The fourth-order valence-corrected chi connectivity index (χ4v) is 4.81. The van der Waals surface area contributed by atoms with Crippen LogP contribution in [-0.2, 0) is 16.1 Å². The topological polar surface area (TPSA) is 38.8 Å². The number of benzene rings is 2. The highest BCUT2D eigenvalue weighted by atomic mass is 35.5. The van der Waals surface area contributed by atoms with Gasteiger partial charge in [0, 0.05) is 12.2 Å². The summed E-state index contributed by atoms with van der Waals surface area (Å²) in [5.74, 6) is 0.00905. The predicted octanol–water partition coefficient (Wildman–Crippen LogP) is 5.44. The van der Waals surface area contributed by atoms with Crippen LogP contribution in [0.5, 0.6) is 5.75 Å². The molecule has 2 saturated heterocycles. The van der Waals surface area contributed by atoms with Crippen LogP contribution in [0.1, 0.15) is 24.0 Å². The normalized spacial score (nSPS) is 20.4. The first-order valence-electron chi connectivity index (χ1n) is 9.54. The molecule has 30 heavy (non-hydrogen) atoms. The van der Waals surface area contributed by atoms with Crippen LogP contribution in [0.15, 0.2) is 47.4 Å². The van der Waals surface area contributed by atoms with Gasteiger partial charge in [-0.3, -0.25) is 9.69 Å². The van der Waals surface area contributed by atoms with E-state index in [-0.39, 0.29) is 24.4 Å². The summed E-state index contributed by atoms with van der Waals surface area (Å²) in [5, 5.41) is 0.384. The van der Waals surface area contributed by atoms with Crippen molar-refractivity contribution in [3.05, 3.63) is 69.3 Å². The fraction of sp³-hybridized carbons (Fsp3) is 0.273. The number of ether oxygens (including phenoxy) is 2. The number of hydrogen-bond donors (Lipinski definition) is 0. The van der Waals surface area contributed by atoms with Gasteiger partial charge in [-0.1, -0.05) is 59.8 Å². The lowest BCUT2D eigenvalue weighted by Crippen LogP contribution is -2.35. The van der Waals surface area contributed by atoms with Gasteiger partial charge in [0.2, 0.25) is 0 Å². The van der Waals surface area contributed by atoms with Gasteiger partial charge in [-0.2, -0.15) is 0 Å². The number of carbonyl (C=O) groups is 1. The van der Waals surface area contributed by atoms with Crippen LogP contribution in [0.3, 0.4) is 0 Å². The summed E-state index contributed by atoms with van der Waals surface area (Å²) in [5.41, 5.74) is 1.21. The molecule has 0 aromatic heterocycles. The lowest BCUT2D eigenvalue weighted by Gasteiger charge is -2.18. The highest BCUT2D eigenvalue weighted by molar-refractivity contribution is 8.26. The Morgan fingerprint density at radius 1 is 1.33 bits per heavy atom. The molecule has 1 amide bonds. The Labute approximate surface area is 189 Å². The van der Waals surface area contributed by atoms with Gasteiger partial charge in [-0.25, -0.2) is 4.39 Å². The third-order valence-corrected chi connectivity index (χ3v) is 6.55. The van der Waals surface area contributed by atoms with Crippen LogP contribution in [0.2, 0.25) is 5.02 Å². The summed E-state index contributed by atoms with van der Waals surface area (Å²) in [7, 11) is 0. The number of hydrogen-bond acceptors (Lipinski definition) is 5. The first-order chi connectivity index (χ1) is 14.5. The molecule has 0 unspecified atom stereocenters. The third kappa shape index (κ3) is 4.86. The van der Waals surface area contributed by atoms with E-state index < -0.39 is 0 Å². The van der Waals surface area contributed by atoms with Crippen LogP contribution in [0.25, 0.3) is 6.08 Å². The van der Waals surface area contributed by atoms with Gasteiger partial charge >= 0.3 is 0 Å². The molecule has 2 aromatic carbocycles. The molecule has 1 atom stereocenters. The molecular weight excluding hydrogens is 445 g/mol. The molecule has 156 valence electrons. The first kappa shape index (κ1) is 21.3. The zero-order chi connectivity index (χ0) is 21.1. The van der Waals surface area contributed by atoms with Gasteiger partial charge in [0.05, 0.1) is 22.6 Å². The summed E-state index contributed by atoms with van der Waals surface area (Å²) in [6.45, 7) is 1.30. The van der Waals surface area contributed by atoms with Crippen molar-refractivity contribution in [3.8, 4) is 5.75 Å². The van der Waals surface area contributed by atoms with Gasteiger partial charge < -0.3 is 9.47 Å². The van der Waals surface area contributed by atoms with Crippen molar-refractivity contribution in [1.82, 2.24) is 4.90 Å². The highest BCUT2D eigenvalue weighted by Crippen LogP contribution is 2.35. The molecule has 2 aromatic rings. The standard InChI is InChI=1S/C22H19ClFNO3S2/c23-17-10-14(7-8-19(17)28-13-15-4-1-2-6-18(15)24)11-20-21(26)25(22(29)30-20)12-16-5-3-9-27-16/h1-2,4,6-8,10-11,16H,3,5,9,12-13H2/b20-11-/t16-/m0/s1. The molecule has 0 radical (unpaired) electrons. The monoisotopic (exact) mass is 463 g/mol. The fourth-order valence-electron chi connectivity index (χ4n) is 3.30. The second-order valence-corrected chi connectivity index (χ2v) is 9.08. The van der Waals surface area contributed by atoms with E-state index in [2.05, 4.69) is 0 Å². The third-order valence-electron chi connectivity index (χ3n) is 4.88.